The molecule has 3 heterocycles. The zero-order valence-corrected chi connectivity index (χ0v) is 17.9. The first-order valence-corrected chi connectivity index (χ1v) is 10.9. The highest BCUT2D eigenvalue weighted by Gasteiger charge is 2.29. The molecule has 0 spiro atoms. The number of benzene rings is 1. The minimum absolute atomic E-state index is 0.0502. The van der Waals surface area contributed by atoms with E-state index in [0.717, 1.165) is 31.7 Å². The first-order valence-electron chi connectivity index (χ1n) is 10.6. The maximum Gasteiger partial charge on any atom is 0.341 e. The predicted molar refractivity (Wildman–Crippen MR) is 119 cm³/mol. The number of carbonyl (C=O) groups is 1. The summed E-state index contributed by atoms with van der Waals surface area (Å²) in [5, 5.41) is 9.78. The van der Waals surface area contributed by atoms with Crippen molar-refractivity contribution < 1.29 is 19.0 Å². The Labute approximate surface area is 188 Å². The molecule has 2 aliphatic rings. The summed E-state index contributed by atoms with van der Waals surface area (Å²) >= 11 is 6.11. The molecule has 1 saturated heterocycles. The number of rotatable bonds is 6. The average molecular weight is 458 g/mol. The largest absolute Gasteiger partial charge is 0.477 e. The Hall–Kier alpha value is -2.97. The van der Waals surface area contributed by atoms with Gasteiger partial charge in [-0.05, 0) is 49.9 Å². The Morgan fingerprint density at radius 3 is 2.78 bits per heavy atom. The number of hydrogen-bond donors (Lipinski definition) is 1. The quantitative estimate of drug-likeness (QED) is 0.547. The van der Waals surface area contributed by atoms with Gasteiger partial charge in [0.05, 0.1) is 23.9 Å². The number of hydrogen-bond acceptors (Lipinski definition) is 5. The fourth-order valence-electron chi connectivity index (χ4n) is 4.23. The Bertz CT molecular complexity index is 1270. The van der Waals surface area contributed by atoms with Gasteiger partial charge in [0.25, 0.3) is 0 Å². The van der Waals surface area contributed by atoms with Gasteiger partial charge in [0, 0.05) is 24.2 Å². The lowest BCUT2D eigenvalue weighted by molar-refractivity contribution is 0.0695. The summed E-state index contributed by atoms with van der Waals surface area (Å²) in [6, 6.07) is 7.95. The third kappa shape index (κ3) is 3.84. The van der Waals surface area contributed by atoms with Gasteiger partial charge in [-0.25, -0.2) is 14.2 Å². The molecule has 0 radical (unpaired) electrons. The van der Waals surface area contributed by atoms with Crippen LogP contribution in [0.25, 0.3) is 10.9 Å². The molecule has 32 heavy (non-hydrogen) atoms. The summed E-state index contributed by atoms with van der Waals surface area (Å²) in [5.74, 6) is -1.49. The normalized spacial score (nSPS) is 18.2. The molecule has 2 fully saturated rings. The number of pyridine rings is 2. The molecule has 1 N–H and O–H groups in total. The van der Waals surface area contributed by atoms with Crippen LogP contribution >= 0.6 is 11.6 Å². The molecule has 5 rings (SSSR count). The van der Waals surface area contributed by atoms with Gasteiger partial charge in [0.15, 0.2) is 0 Å². The molecule has 7 nitrogen and oxygen atoms in total. The molecule has 3 aromatic rings. The highest BCUT2D eigenvalue weighted by atomic mass is 35.5. The third-order valence-corrected chi connectivity index (χ3v) is 6.16. The molecule has 1 unspecified atom stereocenters. The Kier molecular flexibility index (Phi) is 5.35. The molecule has 1 aliphatic carbocycles. The zero-order chi connectivity index (χ0) is 22.4. The van der Waals surface area contributed by atoms with Crippen molar-refractivity contribution >= 4 is 40.0 Å². The molecular formula is C23H21ClFN3O4. The number of carboxylic acid groups (broad SMARTS) is 1. The van der Waals surface area contributed by atoms with E-state index in [1.807, 2.05) is 0 Å². The van der Waals surface area contributed by atoms with Crippen LogP contribution in [0.5, 0.6) is 0 Å². The Balaban J connectivity index is 1.70. The van der Waals surface area contributed by atoms with Crippen LogP contribution < -0.4 is 10.3 Å². The van der Waals surface area contributed by atoms with Crippen molar-refractivity contribution in [2.24, 2.45) is 0 Å². The van der Waals surface area contributed by atoms with Gasteiger partial charge < -0.3 is 19.3 Å². The van der Waals surface area contributed by atoms with Gasteiger partial charge in [-0.2, -0.15) is 0 Å². The second kappa shape index (κ2) is 8.18. The van der Waals surface area contributed by atoms with Crippen molar-refractivity contribution in [1.82, 2.24) is 9.55 Å². The van der Waals surface area contributed by atoms with E-state index < -0.39 is 17.2 Å². The van der Waals surface area contributed by atoms with Crippen LogP contribution in [0.2, 0.25) is 5.15 Å². The summed E-state index contributed by atoms with van der Waals surface area (Å²) < 4.78 is 23.0. The van der Waals surface area contributed by atoms with Crippen LogP contribution in [0.1, 0.15) is 42.1 Å². The van der Waals surface area contributed by atoms with Crippen molar-refractivity contribution in [1.29, 1.82) is 0 Å². The number of anilines is 2. The summed E-state index contributed by atoms with van der Waals surface area (Å²) in [6.45, 7) is 1.03. The van der Waals surface area contributed by atoms with Crippen molar-refractivity contribution in [3.63, 3.8) is 0 Å². The highest BCUT2D eigenvalue weighted by Crippen LogP contribution is 2.39. The number of fused-ring (bicyclic) bond motifs is 1. The van der Waals surface area contributed by atoms with Crippen molar-refractivity contribution in [3.05, 3.63) is 63.3 Å². The second-order valence-corrected chi connectivity index (χ2v) is 8.59. The lowest BCUT2D eigenvalue weighted by atomic mass is 10.1. The summed E-state index contributed by atoms with van der Waals surface area (Å²) in [7, 11) is 0. The number of ether oxygens (including phenoxy) is 1. The van der Waals surface area contributed by atoms with Crippen molar-refractivity contribution in [2.75, 3.05) is 18.1 Å². The zero-order valence-electron chi connectivity index (χ0n) is 17.1. The van der Waals surface area contributed by atoms with E-state index >= 15 is 4.39 Å². The molecule has 9 heteroatoms. The standard InChI is InChI=1S/C23H21ClFN3O4/c24-20-4-1-5-21(26-20)28(11-14-3-2-8-32-14)19-10-18-15(9-17(19)25)22(29)16(23(30)31)12-27(18)13-6-7-13/h1,4-5,9-10,12-14H,2-3,6-8,11H2,(H,30,31). The number of aromatic nitrogens is 2. The molecule has 166 valence electrons. The van der Waals surface area contributed by atoms with Gasteiger partial charge in [-0.1, -0.05) is 17.7 Å². The molecular weight excluding hydrogens is 437 g/mol. The third-order valence-electron chi connectivity index (χ3n) is 5.95. The number of carboxylic acids is 1. The van der Waals surface area contributed by atoms with Gasteiger partial charge in [-0.3, -0.25) is 4.79 Å². The fourth-order valence-corrected chi connectivity index (χ4v) is 4.39. The monoisotopic (exact) mass is 457 g/mol. The molecule has 1 atom stereocenters. The first-order chi connectivity index (χ1) is 15.4. The van der Waals surface area contributed by atoms with Crippen LogP contribution in [0, 0.1) is 5.82 Å². The van der Waals surface area contributed by atoms with E-state index in [2.05, 4.69) is 4.98 Å². The van der Waals surface area contributed by atoms with Crippen LogP contribution in [0.15, 0.2) is 41.3 Å². The van der Waals surface area contributed by atoms with E-state index in [-0.39, 0.29) is 33.9 Å². The number of nitrogens with zero attached hydrogens (tertiary/aromatic N) is 3. The van der Waals surface area contributed by atoms with Crippen LogP contribution in [0.3, 0.4) is 0 Å². The average Bonchev–Trinajstić information content (AvgIpc) is 3.47. The van der Waals surface area contributed by atoms with Crippen molar-refractivity contribution in [3.8, 4) is 0 Å². The van der Waals surface area contributed by atoms with E-state index in [4.69, 9.17) is 16.3 Å². The van der Waals surface area contributed by atoms with Gasteiger partial charge in [0.2, 0.25) is 5.43 Å². The number of halogens is 2. The Morgan fingerprint density at radius 2 is 2.12 bits per heavy atom. The molecule has 1 saturated carbocycles. The highest BCUT2D eigenvalue weighted by molar-refractivity contribution is 6.29. The first kappa shape index (κ1) is 20.9. The van der Waals surface area contributed by atoms with Crippen molar-refractivity contribution in [2.45, 2.75) is 37.8 Å². The summed E-state index contributed by atoms with van der Waals surface area (Å²) in [5.41, 5.74) is -0.316. The summed E-state index contributed by atoms with van der Waals surface area (Å²) in [4.78, 5) is 30.4. The minimum Gasteiger partial charge on any atom is -0.477 e. The lowest BCUT2D eigenvalue weighted by Crippen LogP contribution is -2.30. The van der Waals surface area contributed by atoms with E-state index in [1.54, 1.807) is 33.7 Å². The predicted octanol–water partition coefficient (Wildman–Crippen LogP) is 4.54. The van der Waals surface area contributed by atoms with Gasteiger partial charge >= 0.3 is 5.97 Å². The number of aromatic carboxylic acids is 1. The smallest absolute Gasteiger partial charge is 0.341 e. The van der Waals surface area contributed by atoms with E-state index in [1.165, 1.54) is 6.20 Å². The molecule has 0 bridgehead atoms. The molecule has 1 aliphatic heterocycles. The van der Waals surface area contributed by atoms with Crippen LogP contribution in [0.4, 0.5) is 15.9 Å². The van der Waals surface area contributed by atoms with Crippen LogP contribution in [-0.4, -0.2) is 39.9 Å². The fraction of sp³-hybridized carbons (Fsp3) is 0.348. The maximum absolute atomic E-state index is 15.5. The van der Waals surface area contributed by atoms with Gasteiger partial charge in [0.1, 0.15) is 22.4 Å². The van der Waals surface area contributed by atoms with Crippen LogP contribution in [-0.2, 0) is 4.74 Å². The molecule has 2 aromatic heterocycles. The van der Waals surface area contributed by atoms with E-state index in [9.17, 15) is 14.7 Å². The summed E-state index contributed by atoms with van der Waals surface area (Å²) in [6.07, 6.45) is 4.81. The second-order valence-electron chi connectivity index (χ2n) is 8.20. The topological polar surface area (TPSA) is 84.7 Å². The maximum atomic E-state index is 15.5. The lowest BCUT2D eigenvalue weighted by Gasteiger charge is -2.27. The Morgan fingerprint density at radius 1 is 1.31 bits per heavy atom. The SMILES string of the molecule is O=C(O)c1cn(C2CC2)c2cc(N(CC3CCCO3)c3cccc(Cl)n3)c(F)cc2c1=O. The van der Waals surface area contributed by atoms with Gasteiger partial charge in [-0.15, -0.1) is 0 Å². The van der Waals surface area contributed by atoms with E-state index in [0.29, 0.717) is 24.5 Å². The molecule has 1 aromatic carbocycles. The molecule has 0 amide bonds. The minimum atomic E-state index is -1.32.